The third-order valence-corrected chi connectivity index (χ3v) is 6.68. The van der Waals surface area contributed by atoms with Crippen molar-refractivity contribution in [2.45, 2.75) is 58.4 Å². The highest BCUT2D eigenvalue weighted by Crippen LogP contribution is 2.53. The minimum absolute atomic E-state index is 0.0753. The Morgan fingerprint density at radius 2 is 1.72 bits per heavy atom. The molecular weight excluding hydrogens is 351 g/mol. The zero-order valence-corrected chi connectivity index (χ0v) is 18.7. The van der Waals surface area contributed by atoms with E-state index in [1.165, 1.54) is 27.7 Å². The molecule has 3 rings (SSSR count). The van der Waals surface area contributed by atoms with Crippen LogP contribution in [0.3, 0.4) is 0 Å². The van der Waals surface area contributed by atoms with Gasteiger partial charge in [0.15, 0.2) is 0 Å². The minimum Gasteiger partial charge on any atom is -0.425 e. The third-order valence-electron chi connectivity index (χ3n) is 6.68. The summed E-state index contributed by atoms with van der Waals surface area (Å²) in [6.07, 6.45) is 8.24. The molecule has 1 aliphatic heterocycles. The summed E-state index contributed by atoms with van der Waals surface area (Å²) in [4.78, 5) is 0. The Morgan fingerprint density at radius 3 is 2.28 bits per heavy atom. The molecule has 1 fully saturated rings. The largest absolute Gasteiger partial charge is 0.425 e. The molecule has 2 aromatic carbocycles. The molecule has 1 saturated heterocycles. The molecule has 150 valence electrons. The van der Waals surface area contributed by atoms with E-state index in [-0.39, 0.29) is 23.7 Å². The predicted molar refractivity (Wildman–Crippen MR) is 128 cm³/mol. The Kier molecular flexibility index (Phi) is 6.05. The molecule has 1 aliphatic rings. The van der Waals surface area contributed by atoms with Gasteiger partial charge in [-0.1, -0.05) is 100 Å². The van der Waals surface area contributed by atoms with Crippen molar-refractivity contribution in [2.24, 2.45) is 0 Å². The van der Waals surface area contributed by atoms with Crippen LogP contribution in [0.5, 0.6) is 0 Å². The van der Waals surface area contributed by atoms with Gasteiger partial charge in [0, 0.05) is 16.8 Å². The van der Waals surface area contributed by atoms with Crippen molar-refractivity contribution in [3.63, 3.8) is 0 Å². The Hall–Kier alpha value is -2.32. The lowest BCUT2D eigenvalue weighted by Gasteiger charge is -2.57. The molecule has 0 N–H and O–H groups in total. The molecule has 2 aromatic rings. The van der Waals surface area contributed by atoms with Gasteiger partial charge in [0.2, 0.25) is 0 Å². The molecule has 1 atom stereocenters. The summed E-state index contributed by atoms with van der Waals surface area (Å²) in [6, 6.07) is 17.6. The average Bonchev–Trinajstić information content (AvgIpc) is 2.71. The van der Waals surface area contributed by atoms with Gasteiger partial charge in [-0.3, -0.25) is 0 Å². The van der Waals surface area contributed by atoms with E-state index in [1.54, 1.807) is 0 Å². The molecular formula is C27H33BO. The second-order valence-electron chi connectivity index (χ2n) is 9.11. The summed E-state index contributed by atoms with van der Waals surface area (Å²) in [7, 11) is 0. The van der Waals surface area contributed by atoms with Gasteiger partial charge in [0.05, 0.1) is 0 Å². The summed E-state index contributed by atoms with van der Waals surface area (Å²) in [5.41, 5.74) is 6.18. The van der Waals surface area contributed by atoms with Crippen LogP contribution in [0.2, 0.25) is 5.31 Å². The molecule has 2 heteroatoms. The van der Waals surface area contributed by atoms with E-state index in [4.69, 9.17) is 4.65 Å². The van der Waals surface area contributed by atoms with Gasteiger partial charge in [-0.15, -0.1) is 0 Å². The van der Waals surface area contributed by atoms with E-state index in [0.29, 0.717) is 0 Å². The first kappa shape index (κ1) is 21.4. The molecule has 0 aromatic heterocycles. The van der Waals surface area contributed by atoms with Crippen LogP contribution in [0.25, 0.3) is 11.1 Å². The first-order valence-electron chi connectivity index (χ1n) is 10.5. The number of hydrogen-bond acceptors (Lipinski definition) is 1. The van der Waals surface area contributed by atoms with Crippen molar-refractivity contribution in [3.05, 3.63) is 90.6 Å². The monoisotopic (exact) mass is 384 g/mol. The van der Waals surface area contributed by atoms with Gasteiger partial charge in [0.1, 0.15) is 0 Å². The molecule has 1 heterocycles. The topological polar surface area (TPSA) is 9.23 Å². The highest BCUT2D eigenvalue weighted by atomic mass is 16.5. The SMILES string of the molecule is C=C/C=C(\C=C/C)C(C)c1cc(B2OC(C)(C)C2(C)C)cc(-c2ccccc2)c1. The van der Waals surface area contributed by atoms with Crippen molar-refractivity contribution < 1.29 is 4.65 Å². The molecule has 1 unspecified atom stereocenters. The normalized spacial score (nSPS) is 19.1. The van der Waals surface area contributed by atoms with Crippen molar-refractivity contribution in [2.75, 3.05) is 0 Å². The maximum atomic E-state index is 6.36. The molecule has 1 nitrogen and oxygen atoms in total. The van der Waals surface area contributed by atoms with E-state index >= 15 is 0 Å². The van der Waals surface area contributed by atoms with Crippen LogP contribution in [0.15, 0.2) is 85.0 Å². The van der Waals surface area contributed by atoms with Gasteiger partial charge in [-0.25, -0.2) is 0 Å². The fourth-order valence-electron chi connectivity index (χ4n) is 4.08. The van der Waals surface area contributed by atoms with E-state index in [9.17, 15) is 0 Å². The van der Waals surface area contributed by atoms with Gasteiger partial charge < -0.3 is 4.65 Å². The van der Waals surface area contributed by atoms with E-state index in [1.807, 2.05) is 6.08 Å². The highest BCUT2D eigenvalue weighted by Gasteiger charge is 2.59. The van der Waals surface area contributed by atoms with Crippen molar-refractivity contribution in [1.29, 1.82) is 0 Å². The number of rotatable bonds is 6. The molecule has 0 spiro atoms. The number of benzene rings is 2. The Morgan fingerprint density at radius 1 is 1.03 bits per heavy atom. The lowest BCUT2D eigenvalue weighted by atomic mass is 9.33. The summed E-state index contributed by atoms with van der Waals surface area (Å²) >= 11 is 0. The fraction of sp³-hybridized carbons (Fsp3) is 0.333. The van der Waals surface area contributed by atoms with Crippen LogP contribution in [0.1, 0.15) is 53.0 Å². The molecule has 29 heavy (non-hydrogen) atoms. The van der Waals surface area contributed by atoms with Crippen molar-refractivity contribution in [1.82, 2.24) is 0 Å². The van der Waals surface area contributed by atoms with Crippen LogP contribution < -0.4 is 5.46 Å². The standard InChI is InChI=1S/C27H33BO/c1-8-13-21(14-9-2)20(3)23-17-24(22-15-11-10-12-16-22)19-25(18-23)28-26(4,5)27(6,7)29-28/h8-20H,1H2,2-7H3/b14-9-,21-13+. The Bertz CT molecular complexity index is 934. The number of allylic oxidation sites excluding steroid dienone is 5. The quantitative estimate of drug-likeness (QED) is 0.387. The van der Waals surface area contributed by atoms with Crippen LogP contribution >= 0.6 is 0 Å². The molecule has 0 aliphatic carbocycles. The lowest BCUT2D eigenvalue weighted by molar-refractivity contribution is -0.00940. The second kappa shape index (κ2) is 8.20. The minimum atomic E-state index is -0.120. The van der Waals surface area contributed by atoms with Crippen molar-refractivity contribution in [3.8, 4) is 11.1 Å². The molecule has 0 radical (unpaired) electrons. The fourth-order valence-corrected chi connectivity index (χ4v) is 4.08. The first-order chi connectivity index (χ1) is 13.7. The van der Waals surface area contributed by atoms with Crippen LogP contribution in [-0.2, 0) is 4.65 Å². The van der Waals surface area contributed by atoms with Crippen LogP contribution in [0.4, 0.5) is 0 Å². The second-order valence-corrected chi connectivity index (χ2v) is 9.11. The van der Waals surface area contributed by atoms with Gasteiger partial charge >= 0.3 is 6.92 Å². The van der Waals surface area contributed by atoms with E-state index < -0.39 is 0 Å². The van der Waals surface area contributed by atoms with E-state index in [0.717, 1.165) is 0 Å². The summed E-state index contributed by atoms with van der Waals surface area (Å²) in [5.74, 6) is 0.266. The smallest absolute Gasteiger partial charge is 0.335 e. The summed E-state index contributed by atoms with van der Waals surface area (Å²) < 4.78 is 6.36. The molecule has 0 saturated carbocycles. The highest BCUT2D eigenvalue weighted by molar-refractivity contribution is 6.73. The van der Waals surface area contributed by atoms with E-state index in [2.05, 4.69) is 115 Å². The first-order valence-corrected chi connectivity index (χ1v) is 10.5. The predicted octanol–water partition coefficient (Wildman–Crippen LogP) is 6.93. The molecule has 0 bridgehead atoms. The lowest BCUT2D eigenvalue weighted by Crippen LogP contribution is -2.66. The van der Waals surface area contributed by atoms with Gasteiger partial charge in [0.25, 0.3) is 0 Å². The van der Waals surface area contributed by atoms with Crippen LogP contribution in [-0.4, -0.2) is 12.5 Å². The van der Waals surface area contributed by atoms with Crippen molar-refractivity contribution >= 4 is 12.4 Å². The maximum Gasteiger partial charge on any atom is 0.335 e. The maximum absolute atomic E-state index is 6.36. The molecule has 0 amide bonds. The van der Waals surface area contributed by atoms with Crippen LogP contribution in [0, 0.1) is 0 Å². The zero-order chi connectivity index (χ0) is 21.2. The zero-order valence-electron chi connectivity index (χ0n) is 18.7. The Balaban J connectivity index is 2.12. The summed E-state index contributed by atoms with van der Waals surface area (Å²) in [5, 5.41) is 0.0753. The van der Waals surface area contributed by atoms with Gasteiger partial charge in [-0.2, -0.15) is 0 Å². The summed E-state index contributed by atoms with van der Waals surface area (Å²) in [6.45, 7) is 17.3. The van der Waals surface area contributed by atoms with Gasteiger partial charge in [-0.05, 0) is 48.5 Å². The Labute approximate surface area is 177 Å². The number of hydrogen-bond donors (Lipinski definition) is 0. The average molecular weight is 384 g/mol. The third kappa shape index (κ3) is 4.04.